The van der Waals surface area contributed by atoms with E-state index >= 15 is 0 Å². The number of aryl methyl sites for hydroxylation is 1. The lowest BCUT2D eigenvalue weighted by atomic mass is 10.2. The fourth-order valence-electron chi connectivity index (χ4n) is 2.35. The number of thiazole rings is 1. The van der Waals surface area contributed by atoms with Gasteiger partial charge < -0.3 is 14.3 Å². The van der Waals surface area contributed by atoms with Crippen LogP contribution in [0.15, 0.2) is 57.0 Å². The lowest BCUT2D eigenvalue weighted by molar-refractivity contribution is -0.116. The van der Waals surface area contributed by atoms with Crippen LogP contribution in [-0.4, -0.2) is 21.0 Å². The zero-order chi connectivity index (χ0) is 18.6. The molecule has 3 aromatic heterocycles. The number of nitrogens with zero attached hydrogens (tertiary/aromatic N) is 3. The van der Waals surface area contributed by atoms with Crippen LogP contribution in [0.1, 0.15) is 12.3 Å². The van der Waals surface area contributed by atoms with Crippen LogP contribution in [0.4, 0.5) is 9.52 Å². The SMILES string of the molecule is O=C(CCc1nc(-c2ccco2)no1)Nc1nc(-c2ccc(F)cc2)cs1. The van der Waals surface area contributed by atoms with E-state index in [1.807, 2.05) is 0 Å². The average molecular weight is 384 g/mol. The highest BCUT2D eigenvalue weighted by Gasteiger charge is 2.13. The molecule has 3 heterocycles. The summed E-state index contributed by atoms with van der Waals surface area (Å²) in [6.07, 6.45) is 1.99. The summed E-state index contributed by atoms with van der Waals surface area (Å²) < 4.78 is 23.3. The van der Waals surface area contributed by atoms with Gasteiger partial charge in [0, 0.05) is 23.8 Å². The van der Waals surface area contributed by atoms with E-state index in [-0.39, 0.29) is 18.1 Å². The molecule has 0 aliphatic rings. The highest BCUT2D eigenvalue weighted by atomic mass is 32.1. The Bertz CT molecular complexity index is 1040. The maximum atomic E-state index is 13.0. The van der Waals surface area contributed by atoms with Gasteiger partial charge in [0.25, 0.3) is 0 Å². The van der Waals surface area contributed by atoms with Gasteiger partial charge in [-0.2, -0.15) is 4.98 Å². The predicted octanol–water partition coefficient (Wildman–Crippen LogP) is 4.16. The Balaban J connectivity index is 1.33. The molecular weight excluding hydrogens is 371 g/mol. The molecular formula is C18H13FN4O3S. The van der Waals surface area contributed by atoms with Gasteiger partial charge in [-0.1, -0.05) is 5.16 Å². The predicted molar refractivity (Wildman–Crippen MR) is 96.5 cm³/mol. The van der Waals surface area contributed by atoms with E-state index in [9.17, 15) is 9.18 Å². The van der Waals surface area contributed by atoms with E-state index in [1.54, 1.807) is 29.6 Å². The number of benzene rings is 1. The molecule has 1 N–H and O–H groups in total. The fourth-order valence-corrected chi connectivity index (χ4v) is 3.08. The smallest absolute Gasteiger partial charge is 0.238 e. The quantitative estimate of drug-likeness (QED) is 0.536. The summed E-state index contributed by atoms with van der Waals surface area (Å²) >= 11 is 1.30. The molecule has 1 amide bonds. The highest BCUT2D eigenvalue weighted by molar-refractivity contribution is 7.14. The molecule has 0 bridgehead atoms. The lowest BCUT2D eigenvalue weighted by Gasteiger charge is -1.99. The first-order valence-corrected chi connectivity index (χ1v) is 8.93. The third-order valence-corrected chi connectivity index (χ3v) is 4.42. The summed E-state index contributed by atoms with van der Waals surface area (Å²) in [7, 11) is 0. The van der Waals surface area contributed by atoms with Crippen LogP contribution in [0, 0.1) is 5.82 Å². The molecule has 4 aromatic rings. The van der Waals surface area contributed by atoms with Crippen molar-refractivity contribution in [1.29, 1.82) is 0 Å². The monoisotopic (exact) mass is 384 g/mol. The minimum absolute atomic E-state index is 0.172. The van der Waals surface area contributed by atoms with E-state index in [2.05, 4.69) is 20.4 Å². The third kappa shape index (κ3) is 4.09. The second kappa shape index (κ2) is 7.50. The molecule has 0 saturated heterocycles. The Morgan fingerprint density at radius 2 is 2.04 bits per heavy atom. The summed E-state index contributed by atoms with van der Waals surface area (Å²) in [6, 6.07) is 9.47. The molecule has 0 aliphatic heterocycles. The number of amides is 1. The van der Waals surface area contributed by atoms with Crippen molar-refractivity contribution in [1.82, 2.24) is 15.1 Å². The Kier molecular flexibility index (Phi) is 4.75. The molecule has 7 nitrogen and oxygen atoms in total. The van der Waals surface area contributed by atoms with Crippen molar-refractivity contribution in [3.8, 4) is 22.8 Å². The first-order chi connectivity index (χ1) is 13.2. The first-order valence-electron chi connectivity index (χ1n) is 8.05. The zero-order valence-electron chi connectivity index (χ0n) is 13.9. The van der Waals surface area contributed by atoms with Crippen LogP contribution >= 0.6 is 11.3 Å². The Labute approximate surface area is 156 Å². The number of anilines is 1. The van der Waals surface area contributed by atoms with Gasteiger partial charge in [0.2, 0.25) is 17.6 Å². The van der Waals surface area contributed by atoms with Crippen LogP contribution in [0.25, 0.3) is 22.8 Å². The van der Waals surface area contributed by atoms with Gasteiger partial charge in [-0.3, -0.25) is 4.79 Å². The molecule has 0 aliphatic carbocycles. The number of halogens is 1. The molecule has 0 radical (unpaired) electrons. The summed E-state index contributed by atoms with van der Waals surface area (Å²) in [5.74, 6) is 0.680. The minimum atomic E-state index is -0.307. The van der Waals surface area contributed by atoms with E-state index in [4.69, 9.17) is 8.94 Å². The summed E-state index contributed by atoms with van der Waals surface area (Å²) in [5.41, 5.74) is 1.46. The van der Waals surface area contributed by atoms with Crippen LogP contribution < -0.4 is 5.32 Å². The number of furan rings is 1. The molecule has 1 aromatic carbocycles. The number of hydrogen-bond acceptors (Lipinski definition) is 7. The first kappa shape index (κ1) is 17.1. The normalized spacial score (nSPS) is 10.9. The number of aromatic nitrogens is 3. The van der Waals surface area contributed by atoms with Gasteiger partial charge >= 0.3 is 0 Å². The second-order valence-electron chi connectivity index (χ2n) is 5.58. The van der Waals surface area contributed by atoms with Crippen molar-refractivity contribution in [2.75, 3.05) is 5.32 Å². The maximum Gasteiger partial charge on any atom is 0.238 e. The molecule has 0 atom stereocenters. The van der Waals surface area contributed by atoms with Gasteiger partial charge in [0.15, 0.2) is 10.9 Å². The van der Waals surface area contributed by atoms with Crippen LogP contribution in [0.5, 0.6) is 0 Å². The molecule has 0 saturated carbocycles. The van der Waals surface area contributed by atoms with Crippen molar-refractivity contribution < 1.29 is 18.1 Å². The van der Waals surface area contributed by atoms with Gasteiger partial charge in [0.05, 0.1) is 12.0 Å². The number of carbonyl (C=O) groups excluding carboxylic acids is 1. The molecule has 0 unspecified atom stereocenters. The van der Waals surface area contributed by atoms with E-state index in [0.29, 0.717) is 34.7 Å². The Morgan fingerprint density at radius 3 is 2.81 bits per heavy atom. The number of nitrogens with one attached hydrogen (secondary N) is 1. The number of carbonyl (C=O) groups is 1. The van der Waals surface area contributed by atoms with Crippen molar-refractivity contribution >= 4 is 22.4 Å². The van der Waals surface area contributed by atoms with Crippen LogP contribution in [0.3, 0.4) is 0 Å². The fraction of sp³-hybridized carbons (Fsp3) is 0.111. The molecule has 4 rings (SSSR count). The molecule has 27 heavy (non-hydrogen) atoms. The molecule has 9 heteroatoms. The van der Waals surface area contributed by atoms with Gasteiger partial charge in [-0.25, -0.2) is 9.37 Å². The van der Waals surface area contributed by atoms with Crippen molar-refractivity contribution in [2.24, 2.45) is 0 Å². The Hall–Kier alpha value is -3.33. The molecule has 0 spiro atoms. The average Bonchev–Trinajstić information content (AvgIpc) is 3.42. The zero-order valence-corrected chi connectivity index (χ0v) is 14.7. The van der Waals surface area contributed by atoms with Crippen molar-refractivity contribution in [2.45, 2.75) is 12.8 Å². The van der Waals surface area contributed by atoms with Crippen LogP contribution in [0.2, 0.25) is 0 Å². The lowest BCUT2D eigenvalue weighted by Crippen LogP contribution is -2.12. The standard InChI is InChI=1S/C18H13FN4O3S/c19-12-5-3-11(4-6-12)13-10-27-18(20-13)21-15(24)7-8-16-22-17(23-26-16)14-2-1-9-25-14/h1-6,9-10H,7-8H2,(H,20,21,24). The number of rotatable bonds is 6. The van der Waals surface area contributed by atoms with Crippen molar-refractivity contribution in [3.05, 3.63) is 59.7 Å². The van der Waals surface area contributed by atoms with Crippen LogP contribution in [-0.2, 0) is 11.2 Å². The van der Waals surface area contributed by atoms with E-state index < -0.39 is 0 Å². The van der Waals surface area contributed by atoms with E-state index in [1.165, 1.54) is 29.7 Å². The largest absolute Gasteiger partial charge is 0.461 e. The maximum absolute atomic E-state index is 13.0. The third-order valence-electron chi connectivity index (χ3n) is 3.67. The molecule has 0 fully saturated rings. The van der Waals surface area contributed by atoms with Gasteiger partial charge in [0.1, 0.15) is 5.82 Å². The van der Waals surface area contributed by atoms with Gasteiger partial charge in [-0.05, 0) is 36.4 Å². The Morgan fingerprint density at radius 1 is 1.19 bits per heavy atom. The topological polar surface area (TPSA) is 94.0 Å². The summed E-state index contributed by atoms with van der Waals surface area (Å²) in [4.78, 5) is 20.6. The molecule has 136 valence electrons. The minimum Gasteiger partial charge on any atom is -0.461 e. The summed E-state index contributed by atoms with van der Waals surface area (Å²) in [5, 5.41) is 8.82. The number of hydrogen-bond donors (Lipinski definition) is 1. The second-order valence-corrected chi connectivity index (χ2v) is 6.44. The van der Waals surface area contributed by atoms with Crippen molar-refractivity contribution in [3.63, 3.8) is 0 Å². The summed E-state index contributed by atoms with van der Waals surface area (Å²) in [6.45, 7) is 0. The van der Waals surface area contributed by atoms with E-state index in [0.717, 1.165) is 5.56 Å². The highest BCUT2D eigenvalue weighted by Crippen LogP contribution is 2.25. The van der Waals surface area contributed by atoms with Gasteiger partial charge in [-0.15, -0.1) is 11.3 Å².